The molecule has 0 spiro atoms. The number of aromatic nitrogens is 1. The zero-order valence-electron chi connectivity index (χ0n) is 12.1. The van der Waals surface area contributed by atoms with Crippen LogP contribution in [0.2, 0.25) is 0 Å². The molecule has 0 aliphatic carbocycles. The van der Waals surface area contributed by atoms with Gasteiger partial charge in [-0.2, -0.15) is 0 Å². The van der Waals surface area contributed by atoms with Gasteiger partial charge in [0.05, 0.1) is 16.8 Å². The van der Waals surface area contributed by atoms with Crippen molar-refractivity contribution in [3.05, 3.63) is 29.3 Å². The maximum Gasteiger partial charge on any atom is 0.108 e. The monoisotopic (exact) mass is 289 g/mol. The maximum absolute atomic E-state index is 4.74. The first-order valence-corrected chi connectivity index (χ1v) is 8.38. The van der Waals surface area contributed by atoms with Gasteiger partial charge in [0.25, 0.3) is 0 Å². The Morgan fingerprint density at radius 1 is 1.30 bits per heavy atom. The van der Waals surface area contributed by atoms with Gasteiger partial charge in [-0.15, -0.1) is 11.3 Å². The topological polar surface area (TPSA) is 28.2 Å². The Bertz CT molecular complexity index is 510. The Hall–Kier alpha value is -0.970. The third-order valence-electron chi connectivity index (χ3n) is 4.21. The Morgan fingerprint density at radius 2 is 2.10 bits per heavy atom. The van der Waals surface area contributed by atoms with Gasteiger partial charge in [-0.05, 0) is 64.0 Å². The predicted octanol–water partition coefficient (Wildman–Crippen LogP) is 3.12. The number of rotatable bonds is 5. The van der Waals surface area contributed by atoms with Crippen LogP contribution in [0.5, 0.6) is 0 Å². The van der Waals surface area contributed by atoms with Crippen molar-refractivity contribution in [3.63, 3.8) is 0 Å². The second-order valence-electron chi connectivity index (χ2n) is 5.69. The van der Waals surface area contributed by atoms with E-state index in [0.717, 1.165) is 24.5 Å². The molecular weight excluding hydrogens is 266 g/mol. The van der Waals surface area contributed by atoms with E-state index < -0.39 is 0 Å². The fourth-order valence-electron chi connectivity index (χ4n) is 2.96. The number of likely N-dealkylation sites (tertiary alicyclic amines) is 1. The number of benzene rings is 1. The van der Waals surface area contributed by atoms with Crippen molar-refractivity contribution in [2.24, 2.45) is 5.92 Å². The summed E-state index contributed by atoms with van der Waals surface area (Å²) in [6.45, 7) is 4.63. The molecule has 108 valence electrons. The van der Waals surface area contributed by atoms with Crippen molar-refractivity contribution < 1.29 is 0 Å². The van der Waals surface area contributed by atoms with Crippen LogP contribution < -0.4 is 5.32 Å². The van der Waals surface area contributed by atoms with E-state index in [9.17, 15) is 0 Å². The van der Waals surface area contributed by atoms with Crippen LogP contribution in [0.3, 0.4) is 0 Å². The summed E-state index contributed by atoms with van der Waals surface area (Å²) in [5, 5.41) is 4.52. The van der Waals surface area contributed by atoms with Crippen LogP contribution >= 0.6 is 11.3 Å². The van der Waals surface area contributed by atoms with Gasteiger partial charge in [0.2, 0.25) is 0 Å². The second kappa shape index (κ2) is 6.66. The molecule has 0 atom stereocenters. The molecule has 0 radical (unpaired) electrons. The summed E-state index contributed by atoms with van der Waals surface area (Å²) in [4.78, 5) is 7.31. The van der Waals surface area contributed by atoms with E-state index in [1.807, 2.05) is 18.4 Å². The second-order valence-corrected chi connectivity index (χ2v) is 6.80. The lowest BCUT2D eigenvalue weighted by Crippen LogP contribution is -2.34. The fraction of sp³-hybridized carbons (Fsp3) is 0.562. The van der Waals surface area contributed by atoms with Crippen LogP contribution in [0.4, 0.5) is 0 Å². The summed E-state index contributed by atoms with van der Waals surface area (Å²) in [6, 6.07) is 8.44. The summed E-state index contributed by atoms with van der Waals surface area (Å²) >= 11 is 1.84. The smallest absolute Gasteiger partial charge is 0.108 e. The predicted molar refractivity (Wildman–Crippen MR) is 86.2 cm³/mol. The molecule has 1 aliphatic rings. The van der Waals surface area contributed by atoms with Crippen molar-refractivity contribution in [1.29, 1.82) is 0 Å². The molecule has 1 N–H and O–H groups in total. The number of fused-ring (bicyclic) bond motifs is 1. The van der Waals surface area contributed by atoms with E-state index in [-0.39, 0.29) is 0 Å². The Labute approximate surface area is 125 Å². The highest BCUT2D eigenvalue weighted by atomic mass is 32.1. The average Bonchev–Trinajstić information content (AvgIpc) is 2.89. The minimum Gasteiger partial charge on any atom is -0.320 e. The summed E-state index contributed by atoms with van der Waals surface area (Å²) in [5.74, 6) is 0.911. The van der Waals surface area contributed by atoms with Gasteiger partial charge in [-0.1, -0.05) is 12.1 Å². The van der Waals surface area contributed by atoms with Crippen LogP contribution in [0, 0.1) is 5.92 Å². The van der Waals surface area contributed by atoms with E-state index in [0.29, 0.717) is 0 Å². The van der Waals surface area contributed by atoms with E-state index in [4.69, 9.17) is 4.98 Å². The minimum absolute atomic E-state index is 0.911. The number of hydrogen-bond acceptors (Lipinski definition) is 4. The van der Waals surface area contributed by atoms with E-state index >= 15 is 0 Å². The first-order valence-electron chi connectivity index (χ1n) is 7.56. The minimum atomic E-state index is 0.911. The van der Waals surface area contributed by atoms with Crippen molar-refractivity contribution in [3.8, 4) is 0 Å². The third kappa shape index (κ3) is 3.37. The van der Waals surface area contributed by atoms with Gasteiger partial charge >= 0.3 is 0 Å². The van der Waals surface area contributed by atoms with Crippen LogP contribution in [0.1, 0.15) is 24.3 Å². The number of hydrogen-bond donors (Lipinski definition) is 1. The number of nitrogens with zero attached hydrogens (tertiary/aromatic N) is 2. The molecule has 1 aliphatic heterocycles. The molecule has 1 saturated heterocycles. The molecule has 2 aromatic rings. The molecule has 1 aromatic carbocycles. The van der Waals surface area contributed by atoms with Crippen LogP contribution in [0.25, 0.3) is 10.2 Å². The quantitative estimate of drug-likeness (QED) is 0.916. The first kappa shape index (κ1) is 14.0. The third-order valence-corrected chi connectivity index (χ3v) is 5.23. The van der Waals surface area contributed by atoms with E-state index in [2.05, 4.69) is 34.5 Å². The number of nitrogens with one attached hydrogen (secondary N) is 1. The van der Waals surface area contributed by atoms with Gasteiger partial charge in [0.15, 0.2) is 0 Å². The number of piperidine rings is 1. The number of para-hydroxylation sites is 1. The molecule has 3 rings (SSSR count). The molecule has 2 heterocycles. The first-order chi connectivity index (χ1) is 9.85. The van der Waals surface area contributed by atoms with E-state index in [1.165, 1.54) is 42.1 Å². The maximum atomic E-state index is 4.74. The van der Waals surface area contributed by atoms with Gasteiger partial charge in [0.1, 0.15) is 5.01 Å². The molecule has 4 heteroatoms. The fourth-order valence-corrected chi connectivity index (χ4v) is 3.97. The lowest BCUT2D eigenvalue weighted by Gasteiger charge is -2.31. The van der Waals surface area contributed by atoms with Gasteiger partial charge < -0.3 is 5.32 Å². The molecule has 20 heavy (non-hydrogen) atoms. The highest BCUT2D eigenvalue weighted by molar-refractivity contribution is 7.18. The van der Waals surface area contributed by atoms with Crippen LogP contribution in [0.15, 0.2) is 24.3 Å². The highest BCUT2D eigenvalue weighted by Gasteiger charge is 2.19. The molecule has 0 amide bonds. The van der Waals surface area contributed by atoms with Crippen molar-refractivity contribution in [2.75, 3.05) is 26.7 Å². The lowest BCUT2D eigenvalue weighted by molar-refractivity contribution is 0.172. The van der Waals surface area contributed by atoms with Crippen molar-refractivity contribution in [2.45, 2.75) is 25.8 Å². The van der Waals surface area contributed by atoms with Gasteiger partial charge in [-0.3, -0.25) is 4.90 Å². The Kier molecular flexibility index (Phi) is 4.65. The largest absolute Gasteiger partial charge is 0.320 e. The standard InChI is InChI=1S/C16H23N3S/c1-17-9-6-13-7-10-19(11-8-13)12-16-18-14-4-2-3-5-15(14)20-16/h2-5,13,17H,6-12H2,1H3. The lowest BCUT2D eigenvalue weighted by atomic mass is 9.93. The number of thiazole rings is 1. The SMILES string of the molecule is CNCCC1CCN(Cc2nc3ccccc3s2)CC1. The Morgan fingerprint density at radius 3 is 2.85 bits per heavy atom. The van der Waals surface area contributed by atoms with Crippen molar-refractivity contribution in [1.82, 2.24) is 15.2 Å². The zero-order chi connectivity index (χ0) is 13.8. The summed E-state index contributed by atoms with van der Waals surface area (Å²) < 4.78 is 1.31. The summed E-state index contributed by atoms with van der Waals surface area (Å²) in [6.07, 6.45) is 4.00. The van der Waals surface area contributed by atoms with Crippen molar-refractivity contribution >= 4 is 21.6 Å². The van der Waals surface area contributed by atoms with E-state index in [1.54, 1.807) is 0 Å². The molecule has 1 fully saturated rings. The highest BCUT2D eigenvalue weighted by Crippen LogP contribution is 2.25. The molecular formula is C16H23N3S. The molecule has 0 saturated carbocycles. The van der Waals surface area contributed by atoms with Gasteiger partial charge in [-0.25, -0.2) is 4.98 Å². The Balaban J connectivity index is 1.54. The average molecular weight is 289 g/mol. The summed E-state index contributed by atoms with van der Waals surface area (Å²) in [5.41, 5.74) is 1.15. The normalized spacial score (nSPS) is 17.9. The molecule has 3 nitrogen and oxygen atoms in total. The molecule has 0 bridgehead atoms. The zero-order valence-corrected chi connectivity index (χ0v) is 13.0. The van der Waals surface area contributed by atoms with Crippen LogP contribution in [-0.2, 0) is 6.54 Å². The van der Waals surface area contributed by atoms with Gasteiger partial charge in [0, 0.05) is 0 Å². The molecule has 0 unspecified atom stereocenters. The molecule has 1 aromatic heterocycles. The summed E-state index contributed by atoms with van der Waals surface area (Å²) in [7, 11) is 2.04. The van der Waals surface area contributed by atoms with Crippen LogP contribution in [-0.4, -0.2) is 36.6 Å².